The van der Waals surface area contributed by atoms with Crippen LogP contribution in [-0.2, 0) is 4.74 Å². The largest absolute Gasteiger partial charge is 0.381 e. The average Bonchev–Trinajstić information content (AvgIpc) is 2.89. The molecule has 100 valence electrons. The Hall–Kier alpha value is -1.31. The van der Waals surface area contributed by atoms with Gasteiger partial charge in [-0.2, -0.15) is 4.98 Å². The van der Waals surface area contributed by atoms with Crippen molar-refractivity contribution in [2.75, 3.05) is 13.2 Å². The van der Waals surface area contributed by atoms with Gasteiger partial charge < -0.3 is 15.0 Å². The van der Waals surface area contributed by atoms with E-state index in [1.807, 2.05) is 6.07 Å². The molecule has 2 N–H and O–H groups in total. The number of halogens is 1. The first-order valence-corrected chi connectivity index (χ1v) is 6.81. The summed E-state index contributed by atoms with van der Waals surface area (Å²) in [6.45, 7) is 1.22. The van der Waals surface area contributed by atoms with Crippen LogP contribution in [0.25, 0.3) is 11.4 Å². The third-order valence-corrected chi connectivity index (χ3v) is 3.57. The summed E-state index contributed by atoms with van der Waals surface area (Å²) in [5.41, 5.74) is 6.86. The number of pyridine rings is 1. The van der Waals surface area contributed by atoms with Gasteiger partial charge in [-0.3, -0.25) is 4.98 Å². The van der Waals surface area contributed by atoms with E-state index in [0.717, 1.165) is 16.5 Å². The molecule has 2 unspecified atom stereocenters. The van der Waals surface area contributed by atoms with E-state index in [9.17, 15) is 0 Å². The van der Waals surface area contributed by atoms with Gasteiger partial charge in [-0.25, -0.2) is 0 Å². The van der Waals surface area contributed by atoms with Crippen LogP contribution in [0, 0.1) is 0 Å². The molecule has 0 amide bonds. The van der Waals surface area contributed by atoms with Gasteiger partial charge in [-0.15, -0.1) is 0 Å². The third-order valence-electron chi connectivity index (χ3n) is 3.13. The van der Waals surface area contributed by atoms with Crippen molar-refractivity contribution in [1.82, 2.24) is 15.1 Å². The number of hydrogen-bond acceptors (Lipinski definition) is 6. The van der Waals surface area contributed by atoms with E-state index >= 15 is 0 Å². The van der Waals surface area contributed by atoms with Gasteiger partial charge >= 0.3 is 0 Å². The minimum atomic E-state index is -0.0323. The first kappa shape index (κ1) is 12.7. The molecule has 0 spiro atoms. The molecule has 7 heteroatoms. The van der Waals surface area contributed by atoms with Crippen molar-refractivity contribution in [2.24, 2.45) is 5.73 Å². The second-order valence-corrected chi connectivity index (χ2v) is 5.40. The fraction of sp³-hybridized carbons (Fsp3) is 0.417. The third kappa shape index (κ3) is 2.68. The number of nitrogens with zero attached hydrogens (tertiary/aromatic N) is 3. The van der Waals surface area contributed by atoms with Crippen LogP contribution in [0.15, 0.2) is 27.5 Å². The van der Waals surface area contributed by atoms with E-state index in [-0.39, 0.29) is 12.0 Å². The molecule has 0 bridgehead atoms. The maximum absolute atomic E-state index is 6.06. The molecule has 2 atom stereocenters. The standard InChI is InChI=1S/C12H13BrN4O2/c13-8-3-7(4-15-5-8)11-16-12(19-17-11)9-6-18-2-1-10(9)14/h3-5,9-10H,1-2,6,14H2. The van der Waals surface area contributed by atoms with Crippen LogP contribution in [0.5, 0.6) is 0 Å². The van der Waals surface area contributed by atoms with Gasteiger partial charge in [0.05, 0.1) is 12.5 Å². The summed E-state index contributed by atoms with van der Waals surface area (Å²) < 4.78 is 11.6. The summed E-state index contributed by atoms with van der Waals surface area (Å²) in [4.78, 5) is 8.48. The topological polar surface area (TPSA) is 87.1 Å². The Kier molecular flexibility index (Phi) is 3.58. The van der Waals surface area contributed by atoms with Crippen LogP contribution < -0.4 is 5.73 Å². The molecule has 1 aliphatic rings. The van der Waals surface area contributed by atoms with Gasteiger partial charge in [0.25, 0.3) is 0 Å². The van der Waals surface area contributed by atoms with Crippen molar-refractivity contribution in [3.63, 3.8) is 0 Å². The van der Waals surface area contributed by atoms with Crippen molar-refractivity contribution < 1.29 is 9.26 Å². The smallest absolute Gasteiger partial charge is 0.233 e. The van der Waals surface area contributed by atoms with Gasteiger partial charge in [0.2, 0.25) is 11.7 Å². The van der Waals surface area contributed by atoms with E-state index < -0.39 is 0 Å². The van der Waals surface area contributed by atoms with Crippen molar-refractivity contribution >= 4 is 15.9 Å². The summed E-state index contributed by atoms with van der Waals surface area (Å²) in [6, 6.07) is 1.89. The molecule has 1 fully saturated rings. The Balaban J connectivity index is 1.86. The highest BCUT2D eigenvalue weighted by Gasteiger charge is 2.29. The van der Waals surface area contributed by atoms with Crippen LogP contribution in [0.1, 0.15) is 18.2 Å². The van der Waals surface area contributed by atoms with E-state index in [2.05, 4.69) is 31.1 Å². The first-order chi connectivity index (χ1) is 9.24. The van der Waals surface area contributed by atoms with Crippen LogP contribution in [0.2, 0.25) is 0 Å². The Labute approximate surface area is 118 Å². The molecule has 1 saturated heterocycles. The molecule has 1 aliphatic heterocycles. The van der Waals surface area contributed by atoms with Crippen LogP contribution in [0.4, 0.5) is 0 Å². The summed E-state index contributed by atoms with van der Waals surface area (Å²) in [7, 11) is 0. The fourth-order valence-corrected chi connectivity index (χ4v) is 2.41. The summed E-state index contributed by atoms with van der Waals surface area (Å²) >= 11 is 3.36. The number of rotatable bonds is 2. The highest BCUT2D eigenvalue weighted by Crippen LogP contribution is 2.26. The lowest BCUT2D eigenvalue weighted by atomic mass is 9.97. The molecule has 3 rings (SSSR count). The Morgan fingerprint density at radius 1 is 1.37 bits per heavy atom. The van der Waals surface area contributed by atoms with Crippen LogP contribution in [-0.4, -0.2) is 34.4 Å². The molecular formula is C12H13BrN4O2. The van der Waals surface area contributed by atoms with Crippen molar-refractivity contribution in [3.05, 3.63) is 28.8 Å². The molecule has 0 saturated carbocycles. The Morgan fingerprint density at radius 2 is 2.26 bits per heavy atom. The number of aromatic nitrogens is 3. The fourth-order valence-electron chi connectivity index (χ4n) is 2.05. The maximum atomic E-state index is 6.06. The molecule has 3 heterocycles. The molecule has 0 radical (unpaired) electrons. The average molecular weight is 325 g/mol. The molecule has 0 aliphatic carbocycles. The number of nitrogens with two attached hydrogens (primary N) is 1. The second kappa shape index (κ2) is 5.36. The van der Waals surface area contributed by atoms with Crippen molar-refractivity contribution in [3.8, 4) is 11.4 Å². The SMILES string of the molecule is NC1CCOCC1c1nc(-c2cncc(Br)c2)no1. The van der Waals surface area contributed by atoms with Gasteiger partial charge in [0.1, 0.15) is 0 Å². The zero-order chi connectivity index (χ0) is 13.2. The molecular weight excluding hydrogens is 312 g/mol. The van der Waals surface area contributed by atoms with E-state index in [4.69, 9.17) is 15.0 Å². The summed E-state index contributed by atoms with van der Waals surface area (Å²) in [5.74, 6) is 1.01. The lowest BCUT2D eigenvalue weighted by molar-refractivity contribution is 0.0590. The molecule has 19 heavy (non-hydrogen) atoms. The second-order valence-electron chi connectivity index (χ2n) is 4.48. The van der Waals surface area contributed by atoms with Crippen molar-refractivity contribution in [2.45, 2.75) is 18.4 Å². The monoisotopic (exact) mass is 324 g/mol. The number of ether oxygens (including phenoxy) is 1. The highest BCUT2D eigenvalue weighted by atomic mass is 79.9. The molecule has 0 aromatic carbocycles. The summed E-state index contributed by atoms with van der Waals surface area (Å²) in [5, 5.41) is 3.98. The minimum absolute atomic E-state index is 0.00249. The van der Waals surface area contributed by atoms with Gasteiger partial charge in [0.15, 0.2) is 0 Å². The lowest BCUT2D eigenvalue weighted by Crippen LogP contribution is -2.37. The Morgan fingerprint density at radius 3 is 3.05 bits per heavy atom. The predicted molar refractivity (Wildman–Crippen MR) is 71.4 cm³/mol. The molecule has 2 aromatic rings. The highest BCUT2D eigenvalue weighted by molar-refractivity contribution is 9.10. The van der Waals surface area contributed by atoms with Crippen molar-refractivity contribution in [1.29, 1.82) is 0 Å². The van der Waals surface area contributed by atoms with Crippen LogP contribution in [0.3, 0.4) is 0 Å². The Bertz CT molecular complexity index is 574. The van der Waals surface area contributed by atoms with E-state index in [0.29, 0.717) is 24.9 Å². The number of hydrogen-bond donors (Lipinski definition) is 1. The molecule has 6 nitrogen and oxygen atoms in total. The normalized spacial score (nSPS) is 23.5. The van der Waals surface area contributed by atoms with E-state index in [1.54, 1.807) is 12.4 Å². The van der Waals surface area contributed by atoms with Crippen LogP contribution >= 0.6 is 15.9 Å². The predicted octanol–water partition coefficient (Wildman–Crippen LogP) is 1.73. The molecule has 2 aromatic heterocycles. The zero-order valence-electron chi connectivity index (χ0n) is 10.1. The maximum Gasteiger partial charge on any atom is 0.233 e. The van der Waals surface area contributed by atoms with Gasteiger partial charge in [0, 0.05) is 35.1 Å². The quantitative estimate of drug-likeness (QED) is 0.905. The van der Waals surface area contributed by atoms with Gasteiger partial charge in [-0.1, -0.05) is 5.16 Å². The minimum Gasteiger partial charge on any atom is -0.381 e. The van der Waals surface area contributed by atoms with E-state index in [1.165, 1.54) is 0 Å². The summed E-state index contributed by atoms with van der Waals surface area (Å²) in [6.07, 6.45) is 4.20. The lowest BCUT2D eigenvalue weighted by Gasteiger charge is -2.25. The first-order valence-electron chi connectivity index (χ1n) is 6.02. The zero-order valence-corrected chi connectivity index (χ0v) is 11.7. The van der Waals surface area contributed by atoms with Gasteiger partial charge in [-0.05, 0) is 28.4 Å².